The predicted molar refractivity (Wildman–Crippen MR) is 222 cm³/mol. The zero-order valence-corrected chi connectivity index (χ0v) is 34.2. The van der Waals surface area contributed by atoms with E-state index in [9.17, 15) is 9.59 Å². The van der Waals surface area contributed by atoms with Crippen molar-refractivity contribution in [3.63, 3.8) is 0 Å². The maximum Gasteiger partial charge on any atom is 0.223 e. The van der Waals surface area contributed by atoms with Gasteiger partial charge in [-0.1, -0.05) is 12.1 Å². The zero-order valence-electron chi connectivity index (χ0n) is 34.2. The summed E-state index contributed by atoms with van der Waals surface area (Å²) >= 11 is 0. The number of para-hydroxylation sites is 1. The van der Waals surface area contributed by atoms with Crippen LogP contribution in [0, 0.1) is 11.3 Å². The number of ether oxygens (including phenoxy) is 8. The number of nitrogens with zero attached hydrogens (tertiary/aromatic N) is 2. The minimum Gasteiger partial charge on any atom is -0.495 e. The lowest BCUT2D eigenvalue weighted by molar-refractivity contribution is -0.126. The molecule has 1 saturated carbocycles. The van der Waals surface area contributed by atoms with Gasteiger partial charge in [-0.3, -0.25) is 15.0 Å². The average molecular weight is 830 g/mol. The summed E-state index contributed by atoms with van der Waals surface area (Å²) < 4.78 is 43.6. The topological polar surface area (TPSA) is 265 Å². The number of methoxy groups -OCH3 is 1. The first-order chi connectivity index (χ1) is 28.9. The van der Waals surface area contributed by atoms with Crippen molar-refractivity contribution in [3.8, 4) is 17.1 Å². The second-order valence-corrected chi connectivity index (χ2v) is 13.6. The number of aromatic amines is 2. The lowest BCUT2D eigenvalue weighted by atomic mass is 9.81. The van der Waals surface area contributed by atoms with Crippen LogP contribution in [0.25, 0.3) is 22.3 Å². The number of benzene rings is 1. The predicted octanol–water partition coefficient (Wildman–Crippen LogP) is 1.85. The Balaban J connectivity index is 0.976. The standard InChI is InChI=1S/C40H63N9O10/c1-52-33-4-2-3-31-27-32(47-35(31)33)36-37(38(43)46-28-42)49-39(48-36)29-5-7-30(8-6-29)40(51)45-12-16-56-20-19-55-15-11-44-34(50)9-13-53-17-21-57-23-25-59-26-24-58-22-18-54-14-10-41/h2-4,27-30,47H,5-26,41H2,1H3,(H,44,50)(H,45,51)(H,48,49)(H3,42,43,46)/t29-,30-. The molecule has 2 amide bonds. The van der Waals surface area contributed by atoms with E-state index in [-0.39, 0.29) is 35.9 Å². The van der Waals surface area contributed by atoms with Gasteiger partial charge in [0.05, 0.1) is 111 Å². The molecular formula is C40H63N9O10. The molecule has 0 saturated heterocycles. The van der Waals surface area contributed by atoms with Gasteiger partial charge >= 0.3 is 0 Å². The molecule has 59 heavy (non-hydrogen) atoms. The molecule has 2 aromatic heterocycles. The molecule has 0 unspecified atom stereocenters. The third kappa shape index (κ3) is 17.0. The van der Waals surface area contributed by atoms with E-state index in [0.29, 0.717) is 124 Å². The first kappa shape index (κ1) is 47.2. The summed E-state index contributed by atoms with van der Waals surface area (Å²) in [4.78, 5) is 40.6. The second-order valence-electron chi connectivity index (χ2n) is 13.6. The molecule has 1 aromatic carbocycles. The Kier molecular flexibility index (Phi) is 22.5. The molecule has 328 valence electrons. The van der Waals surface area contributed by atoms with Crippen molar-refractivity contribution in [2.24, 2.45) is 22.4 Å². The van der Waals surface area contributed by atoms with Gasteiger partial charge in [-0.2, -0.15) is 0 Å². The van der Waals surface area contributed by atoms with E-state index in [1.807, 2.05) is 24.3 Å². The molecule has 19 nitrogen and oxygen atoms in total. The monoisotopic (exact) mass is 829 g/mol. The largest absolute Gasteiger partial charge is 0.495 e. The van der Waals surface area contributed by atoms with Crippen LogP contribution >= 0.6 is 0 Å². The molecular weight excluding hydrogens is 766 g/mol. The van der Waals surface area contributed by atoms with E-state index in [4.69, 9.17) is 59.8 Å². The molecule has 1 aliphatic carbocycles. The van der Waals surface area contributed by atoms with Gasteiger partial charge in [0.1, 0.15) is 29.3 Å². The van der Waals surface area contributed by atoms with E-state index >= 15 is 0 Å². The number of imidazole rings is 1. The van der Waals surface area contributed by atoms with E-state index in [1.54, 1.807) is 7.11 Å². The van der Waals surface area contributed by atoms with Crippen molar-refractivity contribution < 1.29 is 47.5 Å². The van der Waals surface area contributed by atoms with Crippen LogP contribution in [0.15, 0.2) is 29.3 Å². The van der Waals surface area contributed by atoms with Crippen LogP contribution in [-0.4, -0.2) is 158 Å². The Morgan fingerprint density at radius 1 is 0.814 bits per heavy atom. The fraction of sp³-hybridized carbons (Fsp3) is 0.625. The molecule has 0 spiro atoms. The SMILES string of the molecule is COc1cccc2cc(-c3nc([C@H]4CC[C@H](C(=O)NCCOCCOCCNC(=O)CCOCCOCCOCCOCCOCCN)CC4)[nH]c3/C(N)=N\C=N)[nH]c12. The molecule has 3 aromatic rings. The van der Waals surface area contributed by atoms with Gasteiger partial charge in [-0.25, -0.2) is 9.98 Å². The van der Waals surface area contributed by atoms with E-state index in [1.165, 1.54) is 0 Å². The number of amides is 2. The van der Waals surface area contributed by atoms with Crippen LogP contribution < -0.4 is 26.8 Å². The number of fused-ring (bicyclic) bond motifs is 1. The number of amidine groups is 1. The van der Waals surface area contributed by atoms with Crippen LogP contribution in [0.4, 0.5) is 0 Å². The van der Waals surface area contributed by atoms with Gasteiger partial charge in [-0.05, 0) is 37.8 Å². The normalized spacial score (nSPS) is 15.7. The highest BCUT2D eigenvalue weighted by Crippen LogP contribution is 2.37. The molecule has 2 heterocycles. The van der Waals surface area contributed by atoms with Gasteiger partial charge in [0, 0.05) is 43.3 Å². The lowest BCUT2D eigenvalue weighted by Gasteiger charge is -2.26. The quantitative estimate of drug-likeness (QED) is 0.0270. The highest BCUT2D eigenvalue weighted by molar-refractivity contribution is 6.04. The fourth-order valence-electron chi connectivity index (χ4n) is 6.45. The number of carbonyl (C=O) groups excluding carboxylic acids is 2. The van der Waals surface area contributed by atoms with Gasteiger partial charge in [0.2, 0.25) is 11.8 Å². The smallest absolute Gasteiger partial charge is 0.223 e. The first-order valence-electron chi connectivity index (χ1n) is 20.3. The van der Waals surface area contributed by atoms with E-state index in [0.717, 1.165) is 60.2 Å². The van der Waals surface area contributed by atoms with E-state index < -0.39 is 0 Å². The summed E-state index contributed by atoms with van der Waals surface area (Å²) in [5, 5.41) is 14.2. The molecule has 0 aliphatic heterocycles. The highest BCUT2D eigenvalue weighted by atomic mass is 16.6. The molecule has 0 radical (unpaired) electrons. The number of H-pyrrole nitrogens is 2. The van der Waals surface area contributed by atoms with Gasteiger partial charge in [-0.15, -0.1) is 0 Å². The Morgan fingerprint density at radius 3 is 1.98 bits per heavy atom. The van der Waals surface area contributed by atoms with Crippen LogP contribution in [0.5, 0.6) is 5.75 Å². The van der Waals surface area contributed by atoms with Crippen LogP contribution in [0.2, 0.25) is 0 Å². The molecule has 0 bridgehead atoms. The maximum atomic E-state index is 12.9. The summed E-state index contributed by atoms with van der Waals surface area (Å²) in [5.74, 6) is 1.61. The number of aliphatic imine (C=N–C) groups is 1. The zero-order chi connectivity index (χ0) is 41.9. The van der Waals surface area contributed by atoms with Crippen molar-refractivity contribution in [2.45, 2.75) is 38.0 Å². The van der Waals surface area contributed by atoms with Gasteiger partial charge < -0.3 is 70.0 Å². The minimum absolute atomic E-state index is 0.0218. The van der Waals surface area contributed by atoms with Crippen molar-refractivity contribution in [1.29, 1.82) is 5.41 Å². The average Bonchev–Trinajstić information content (AvgIpc) is 3.90. The number of hydrogen-bond donors (Lipinski definition) is 7. The number of hydrogen-bond acceptors (Lipinski definition) is 13. The highest BCUT2D eigenvalue weighted by Gasteiger charge is 2.30. The van der Waals surface area contributed by atoms with Crippen molar-refractivity contribution in [2.75, 3.05) is 119 Å². The van der Waals surface area contributed by atoms with Crippen molar-refractivity contribution >= 4 is 34.9 Å². The van der Waals surface area contributed by atoms with Gasteiger partial charge in [0.15, 0.2) is 5.84 Å². The van der Waals surface area contributed by atoms with Gasteiger partial charge in [0.25, 0.3) is 0 Å². The van der Waals surface area contributed by atoms with Crippen molar-refractivity contribution in [3.05, 3.63) is 35.8 Å². The number of nitrogens with one attached hydrogen (secondary N) is 5. The molecule has 9 N–H and O–H groups in total. The first-order valence-corrected chi connectivity index (χ1v) is 20.3. The third-order valence-corrected chi connectivity index (χ3v) is 9.47. The summed E-state index contributed by atoms with van der Waals surface area (Å²) in [6.45, 7) is 7.42. The number of rotatable bonds is 32. The Hall–Kier alpha value is -4.47. The Bertz CT molecular complexity index is 1690. The third-order valence-electron chi connectivity index (χ3n) is 9.47. The van der Waals surface area contributed by atoms with Crippen LogP contribution in [-0.2, 0) is 42.7 Å². The molecule has 19 heteroatoms. The van der Waals surface area contributed by atoms with Crippen LogP contribution in [0.1, 0.15) is 49.5 Å². The number of aromatic nitrogens is 3. The minimum atomic E-state index is -0.112. The molecule has 4 rings (SSSR count). The van der Waals surface area contributed by atoms with E-state index in [2.05, 4.69) is 25.6 Å². The lowest BCUT2D eigenvalue weighted by Crippen LogP contribution is -2.35. The molecule has 1 fully saturated rings. The number of nitrogens with two attached hydrogens (primary N) is 2. The Morgan fingerprint density at radius 2 is 1.39 bits per heavy atom. The fourth-order valence-corrected chi connectivity index (χ4v) is 6.45. The second kappa shape index (κ2) is 28.1. The Labute approximate surface area is 345 Å². The summed E-state index contributed by atoms with van der Waals surface area (Å²) in [6.07, 6.45) is 4.19. The van der Waals surface area contributed by atoms with Crippen molar-refractivity contribution in [1.82, 2.24) is 25.6 Å². The maximum absolute atomic E-state index is 12.9. The van der Waals surface area contributed by atoms with Crippen LogP contribution in [0.3, 0.4) is 0 Å². The molecule has 1 aliphatic rings. The molecule has 0 atom stereocenters. The summed E-state index contributed by atoms with van der Waals surface area (Å²) in [6, 6.07) is 7.79. The summed E-state index contributed by atoms with van der Waals surface area (Å²) in [7, 11) is 1.63. The summed E-state index contributed by atoms with van der Waals surface area (Å²) in [5.41, 5.74) is 14.4. The number of carbonyl (C=O) groups is 2.